The molecule has 1 aliphatic rings. The van der Waals surface area contributed by atoms with Crippen LogP contribution in [0.4, 0.5) is 0 Å². The van der Waals surface area contributed by atoms with E-state index in [2.05, 4.69) is 4.90 Å². The van der Waals surface area contributed by atoms with Gasteiger partial charge < -0.3 is 9.47 Å². The topological polar surface area (TPSA) is 38.8 Å². The first kappa shape index (κ1) is 16.3. The van der Waals surface area contributed by atoms with Crippen LogP contribution in [0.25, 0.3) is 0 Å². The van der Waals surface area contributed by atoms with Crippen LogP contribution < -0.4 is 4.74 Å². The molecule has 0 N–H and O–H groups in total. The van der Waals surface area contributed by atoms with Crippen LogP contribution in [-0.2, 0) is 4.74 Å². The number of benzene rings is 1. The van der Waals surface area contributed by atoms with Crippen molar-refractivity contribution in [2.45, 2.75) is 26.4 Å². The molecule has 0 spiro atoms. The number of nitrogens with zero attached hydrogens (tertiary/aromatic N) is 1. The summed E-state index contributed by atoms with van der Waals surface area (Å²) in [6, 6.07) is 5.25. The van der Waals surface area contributed by atoms with Crippen LogP contribution in [0.3, 0.4) is 0 Å². The maximum atomic E-state index is 12.2. The molecular formula is C16H22ClNO3. The Kier molecular flexibility index (Phi) is 6.03. The standard InChI is InChI=1S/C16H22ClNO3/c1-12(2)21-16-4-3-13(11-14(16)17)15(19)5-6-18-7-9-20-10-8-18/h3-4,11-12H,5-10H2,1-2H3. The maximum Gasteiger partial charge on any atom is 0.164 e. The second-order valence-electron chi connectivity index (χ2n) is 5.44. The normalized spacial score (nSPS) is 16.2. The van der Waals surface area contributed by atoms with Crippen LogP contribution in [0.2, 0.25) is 5.02 Å². The van der Waals surface area contributed by atoms with E-state index in [1.807, 2.05) is 13.8 Å². The number of carbonyl (C=O) groups is 1. The number of ether oxygens (including phenoxy) is 2. The second-order valence-corrected chi connectivity index (χ2v) is 5.85. The summed E-state index contributed by atoms with van der Waals surface area (Å²) in [5, 5.41) is 0.487. The molecule has 0 bridgehead atoms. The number of halogens is 1. The van der Waals surface area contributed by atoms with Gasteiger partial charge in [-0.25, -0.2) is 0 Å². The van der Waals surface area contributed by atoms with Gasteiger partial charge in [-0.3, -0.25) is 9.69 Å². The van der Waals surface area contributed by atoms with Gasteiger partial charge in [-0.2, -0.15) is 0 Å². The highest BCUT2D eigenvalue weighted by molar-refractivity contribution is 6.32. The van der Waals surface area contributed by atoms with Crippen LogP contribution in [0.15, 0.2) is 18.2 Å². The van der Waals surface area contributed by atoms with Crippen LogP contribution >= 0.6 is 11.6 Å². The average Bonchev–Trinajstić information content (AvgIpc) is 2.47. The van der Waals surface area contributed by atoms with E-state index < -0.39 is 0 Å². The fraction of sp³-hybridized carbons (Fsp3) is 0.562. The van der Waals surface area contributed by atoms with E-state index in [4.69, 9.17) is 21.1 Å². The molecule has 0 aromatic heterocycles. The molecule has 4 nitrogen and oxygen atoms in total. The Balaban J connectivity index is 1.91. The molecule has 0 atom stereocenters. The third-order valence-electron chi connectivity index (χ3n) is 3.38. The number of Topliss-reactive ketones (excluding diaryl/α,β-unsaturated/α-hetero) is 1. The molecule has 21 heavy (non-hydrogen) atoms. The Morgan fingerprint density at radius 1 is 1.38 bits per heavy atom. The van der Waals surface area contributed by atoms with E-state index in [-0.39, 0.29) is 11.9 Å². The minimum absolute atomic E-state index is 0.0605. The zero-order valence-electron chi connectivity index (χ0n) is 12.6. The first-order chi connectivity index (χ1) is 10.1. The zero-order chi connectivity index (χ0) is 15.2. The Bertz CT molecular complexity index is 484. The third kappa shape index (κ3) is 4.99. The lowest BCUT2D eigenvalue weighted by molar-refractivity contribution is 0.0370. The van der Waals surface area contributed by atoms with E-state index in [1.54, 1.807) is 18.2 Å². The summed E-state index contributed by atoms with van der Waals surface area (Å²) in [6.45, 7) is 7.95. The zero-order valence-corrected chi connectivity index (χ0v) is 13.4. The molecule has 0 unspecified atom stereocenters. The van der Waals surface area contributed by atoms with Crippen LogP contribution in [0, 0.1) is 0 Å². The van der Waals surface area contributed by atoms with Crippen molar-refractivity contribution in [3.05, 3.63) is 28.8 Å². The van der Waals surface area contributed by atoms with Crippen molar-refractivity contribution in [2.24, 2.45) is 0 Å². The van der Waals surface area contributed by atoms with Gasteiger partial charge in [0.15, 0.2) is 5.78 Å². The number of carbonyl (C=O) groups excluding carboxylic acids is 1. The fourth-order valence-corrected chi connectivity index (χ4v) is 2.48. The average molecular weight is 312 g/mol. The van der Waals surface area contributed by atoms with Crippen LogP contribution in [0.1, 0.15) is 30.6 Å². The summed E-state index contributed by atoms with van der Waals surface area (Å²) >= 11 is 6.16. The van der Waals surface area contributed by atoms with Gasteiger partial charge in [0.1, 0.15) is 5.75 Å². The molecule has 1 heterocycles. The maximum absolute atomic E-state index is 12.2. The van der Waals surface area contributed by atoms with E-state index in [0.717, 1.165) is 32.8 Å². The highest BCUT2D eigenvalue weighted by Gasteiger charge is 2.14. The number of rotatable bonds is 6. The molecule has 5 heteroatoms. The van der Waals surface area contributed by atoms with E-state index in [9.17, 15) is 4.79 Å². The second kappa shape index (κ2) is 7.78. The lowest BCUT2D eigenvalue weighted by Crippen LogP contribution is -2.37. The van der Waals surface area contributed by atoms with Gasteiger partial charge in [0.05, 0.1) is 24.3 Å². The van der Waals surface area contributed by atoms with E-state index >= 15 is 0 Å². The van der Waals surface area contributed by atoms with Crippen molar-refractivity contribution >= 4 is 17.4 Å². The van der Waals surface area contributed by atoms with Gasteiger partial charge in [-0.1, -0.05) is 11.6 Å². The van der Waals surface area contributed by atoms with Gasteiger partial charge in [0, 0.05) is 31.6 Å². The molecule has 1 aromatic carbocycles. The largest absolute Gasteiger partial charge is 0.489 e. The fourth-order valence-electron chi connectivity index (χ4n) is 2.25. The molecule has 0 saturated carbocycles. The Morgan fingerprint density at radius 2 is 2.10 bits per heavy atom. The Hall–Kier alpha value is -1.10. The summed E-state index contributed by atoms with van der Waals surface area (Å²) in [5.74, 6) is 0.732. The van der Waals surface area contributed by atoms with Gasteiger partial charge in [0.25, 0.3) is 0 Å². The highest BCUT2D eigenvalue weighted by Crippen LogP contribution is 2.26. The lowest BCUT2D eigenvalue weighted by atomic mass is 10.1. The Morgan fingerprint density at radius 3 is 2.71 bits per heavy atom. The van der Waals surface area contributed by atoms with Crippen molar-refractivity contribution in [1.29, 1.82) is 0 Å². The molecule has 1 saturated heterocycles. The van der Waals surface area contributed by atoms with Gasteiger partial charge >= 0.3 is 0 Å². The summed E-state index contributed by atoms with van der Waals surface area (Å²) in [6.07, 6.45) is 0.561. The van der Waals surface area contributed by atoms with Gasteiger partial charge in [0.2, 0.25) is 0 Å². The number of morpholine rings is 1. The predicted octanol–water partition coefficient (Wildman–Crippen LogP) is 3.03. The first-order valence-corrected chi connectivity index (χ1v) is 7.73. The monoisotopic (exact) mass is 311 g/mol. The van der Waals surface area contributed by atoms with Crippen molar-refractivity contribution in [3.8, 4) is 5.75 Å². The molecule has 1 aliphatic heterocycles. The van der Waals surface area contributed by atoms with Crippen molar-refractivity contribution in [1.82, 2.24) is 4.90 Å². The van der Waals surface area contributed by atoms with Crippen molar-refractivity contribution in [3.63, 3.8) is 0 Å². The minimum Gasteiger partial charge on any atom is -0.489 e. The van der Waals surface area contributed by atoms with Gasteiger partial charge in [-0.15, -0.1) is 0 Å². The molecule has 2 rings (SSSR count). The van der Waals surface area contributed by atoms with Crippen LogP contribution in [0.5, 0.6) is 5.75 Å². The SMILES string of the molecule is CC(C)Oc1ccc(C(=O)CCN2CCOCC2)cc1Cl. The minimum atomic E-state index is 0.0605. The van der Waals surface area contributed by atoms with Crippen molar-refractivity contribution in [2.75, 3.05) is 32.8 Å². The van der Waals surface area contributed by atoms with Crippen molar-refractivity contribution < 1.29 is 14.3 Å². The summed E-state index contributed by atoms with van der Waals surface area (Å²) in [4.78, 5) is 14.5. The summed E-state index contributed by atoms with van der Waals surface area (Å²) in [5.41, 5.74) is 0.643. The van der Waals surface area contributed by atoms with Gasteiger partial charge in [-0.05, 0) is 32.0 Å². The predicted molar refractivity (Wildman–Crippen MR) is 83.4 cm³/mol. The first-order valence-electron chi connectivity index (χ1n) is 7.36. The molecule has 1 fully saturated rings. The molecule has 1 aromatic rings. The lowest BCUT2D eigenvalue weighted by Gasteiger charge is -2.26. The van der Waals surface area contributed by atoms with E-state index in [1.165, 1.54) is 0 Å². The number of hydrogen-bond acceptors (Lipinski definition) is 4. The number of hydrogen-bond donors (Lipinski definition) is 0. The molecule has 0 amide bonds. The third-order valence-corrected chi connectivity index (χ3v) is 3.67. The summed E-state index contributed by atoms with van der Waals surface area (Å²) in [7, 11) is 0. The quantitative estimate of drug-likeness (QED) is 0.757. The van der Waals surface area contributed by atoms with Crippen LogP contribution in [-0.4, -0.2) is 49.6 Å². The number of ketones is 1. The molecule has 0 aliphatic carbocycles. The summed E-state index contributed by atoms with van der Waals surface area (Å²) < 4.78 is 10.9. The molecular weight excluding hydrogens is 290 g/mol. The molecule has 0 radical (unpaired) electrons. The highest BCUT2D eigenvalue weighted by atomic mass is 35.5. The van der Waals surface area contributed by atoms with E-state index in [0.29, 0.717) is 22.8 Å². The smallest absolute Gasteiger partial charge is 0.164 e. The molecule has 116 valence electrons. The Labute approximate surface area is 131 Å².